The van der Waals surface area contributed by atoms with Crippen LogP contribution in [0.2, 0.25) is 0 Å². The van der Waals surface area contributed by atoms with Crippen LogP contribution < -0.4 is 4.90 Å². The first-order valence-electron chi connectivity index (χ1n) is 11.7. The smallest absolute Gasteiger partial charge is 0.416 e. The Morgan fingerprint density at radius 1 is 1.06 bits per heavy atom. The van der Waals surface area contributed by atoms with Gasteiger partial charge in [0.25, 0.3) is 0 Å². The molecule has 0 atom stereocenters. The van der Waals surface area contributed by atoms with Crippen molar-refractivity contribution in [3.8, 4) is 0 Å². The number of anilines is 1. The number of aryl methyl sites for hydroxylation is 2. The fraction of sp³-hybridized carbons (Fsp3) is 0.500. The van der Waals surface area contributed by atoms with Gasteiger partial charge in [0.15, 0.2) is 0 Å². The summed E-state index contributed by atoms with van der Waals surface area (Å²) in [6.45, 7) is 6.29. The van der Waals surface area contributed by atoms with Crippen LogP contribution in [0.3, 0.4) is 0 Å². The number of unbranched alkanes of at least 4 members (excludes halogenated alkanes) is 1. The van der Waals surface area contributed by atoms with E-state index >= 15 is 0 Å². The van der Waals surface area contributed by atoms with Crippen LogP contribution >= 0.6 is 15.9 Å². The zero-order valence-corrected chi connectivity index (χ0v) is 21.6. The zero-order valence-electron chi connectivity index (χ0n) is 20.0. The highest BCUT2D eigenvalue weighted by Crippen LogP contribution is 2.34. The molecule has 4 nitrogen and oxygen atoms in total. The Bertz CT molecular complexity index is 1010. The molecule has 0 N–H and O–H groups in total. The standard InChI is InChI=1S/C26H32BrF3N2O2/c1-4-6-10-31(5-2)24-14-20-9-7-8-19(20)13-21(24)17-32(25(33)34-3)16-18-11-22(26(28,29)30)15-23(27)12-18/h11-15H,4-10,16-17H2,1-3H3. The maximum Gasteiger partial charge on any atom is 0.416 e. The van der Waals surface area contributed by atoms with Gasteiger partial charge in [0.2, 0.25) is 0 Å². The lowest BCUT2D eigenvalue weighted by molar-refractivity contribution is -0.137. The van der Waals surface area contributed by atoms with Crippen molar-refractivity contribution in [1.29, 1.82) is 0 Å². The summed E-state index contributed by atoms with van der Waals surface area (Å²) >= 11 is 3.17. The van der Waals surface area contributed by atoms with E-state index < -0.39 is 17.8 Å². The molecular formula is C26H32BrF3N2O2. The maximum absolute atomic E-state index is 13.3. The van der Waals surface area contributed by atoms with E-state index in [4.69, 9.17) is 4.74 Å². The molecular weight excluding hydrogens is 509 g/mol. The van der Waals surface area contributed by atoms with Crippen molar-refractivity contribution < 1.29 is 22.7 Å². The molecule has 0 aromatic heterocycles. The third-order valence-electron chi connectivity index (χ3n) is 6.25. The number of nitrogens with zero attached hydrogens (tertiary/aromatic N) is 2. The summed E-state index contributed by atoms with van der Waals surface area (Å²) in [4.78, 5) is 16.5. The summed E-state index contributed by atoms with van der Waals surface area (Å²) in [5.74, 6) is 0. The Balaban J connectivity index is 1.97. The predicted molar refractivity (Wildman–Crippen MR) is 132 cm³/mol. The number of ether oxygens (including phenoxy) is 1. The van der Waals surface area contributed by atoms with E-state index in [1.807, 2.05) is 0 Å². The van der Waals surface area contributed by atoms with Crippen LogP contribution in [-0.4, -0.2) is 31.2 Å². The van der Waals surface area contributed by atoms with Gasteiger partial charge in [-0.15, -0.1) is 0 Å². The minimum absolute atomic E-state index is 0.00675. The Hall–Kier alpha value is -2.22. The molecule has 0 bridgehead atoms. The highest BCUT2D eigenvalue weighted by molar-refractivity contribution is 9.10. The molecule has 2 aromatic carbocycles. The molecule has 186 valence electrons. The van der Waals surface area contributed by atoms with E-state index in [1.165, 1.54) is 23.1 Å². The normalized spacial score (nSPS) is 13.0. The molecule has 8 heteroatoms. The Kier molecular flexibility index (Phi) is 8.90. The molecule has 2 aromatic rings. The second-order valence-electron chi connectivity index (χ2n) is 8.71. The molecule has 1 amide bonds. The van der Waals surface area contributed by atoms with Gasteiger partial charge in [-0.25, -0.2) is 4.79 Å². The first kappa shape index (κ1) is 26.4. The van der Waals surface area contributed by atoms with Gasteiger partial charge in [-0.05, 0) is 79.1 Å². The summed E-state index contributed by atoms with van der Waals surface area (Å²) in [6, 6.07) is 8.15. The van der Waals surface area contributed by atoms with E-state index in [9.17, 15) is 18.0 Å². The number of carbonyl (C=O) groups is 1. The van der Waals surface area contributed by atoms with Crippen LogP contribution in [-0.2, 0) is 36.8 Å². The number of carbonyl (C=O) groups excluding carboxylic acids is 1. The van der Waals surface area contributed by atoms with Gasteiger partial charge in [0.05, 0.1) is 19.2 Å². The third-order valence-corrected chi connectivity index (χ3v) is 6.71. The van der Waals surface area contributed by atoms with E-state index in [0.717, 1.165) is 68.6 Å². The highest BCUT2D eigenvalue weighted by atomic mass is 79.9. The fourth-order valence-corrected chi connectivity index (χ4v) is 5.07. The summed E-state index contributed by atoms with van der Waals surface area (Å²) in [5, 5.41) is 0. The first-order chi connectivity index (χ1) is 16.2. The number of hydrogen-bond donors (Lipinski definition) is 0. The molecule has 0 aliphatic heterocycles. The summed E-state index contributed by atoms with van der Waals surface area (Å²) in [7, 11) is 1.29. The Morgan fingerprint density at radius 3 is 2.38 bits per heavy atom. The molecule has 0 spiro atoms. The SMILES string of the molecule is CCCCN(CC)c1cc2c(cc1CN(Cc1cc(Br)cc(C(F)(F)F)c1)C(=O)OC)CCC2. The highest BCUT2D eigenvalue weighted by Gasteiger charge is 2.31. The minimum atomic E-state index is -4.47. The number of rotatable bonds is 9. The van der Waals surface area contributed by atoms with Crippen LogP contribution in [0.1, 0.15) is 60.9 Å². The van der Waals surface area contributed by atoms with Gasteiger partial charge in [-0.2, -0.15) is 13.2 Å². The number of amides is 1. The number of alkyl halides is 3. The van der Waals surface area contributed by atoms with E-state index in [1.54, 1.807) is 6.07 Å². The molecule has 0 fully saturated rings. The van der Waals surface area contributed by atoms with Gasteiger partial charge in [0.1, 0.15) is 0 Å². The van der Waals surface area contributed by atoms with E-state index in [-0.39, 0.29) is 13.1 Å². The maximum atomic E-state index is 13.3. The second kappa shape index (κ2) is 11.5. The fourth-order valence-electron chi connectivity index (χ4n) is 4.53. The number of hydrogen-bond acceptors (Lipinski definition) is 3. The van der Waals surface area contributed by atoms with Crippen LogP contribution in [0.5, 0.6) is 0 Å². The van der Waals surface area contributed by atoms with Crippen LogP contribution in [0.4, 0.5) is 23.7 Å². The van der Waals surface area contributed by atoms with Gasteiger partial charge >= 0.3 is 12.3 Å². The first-order valence-corrected chi connectivity index (χ1v) is 12.5. The molecule has 0 saturated carbocycles. The van der Waals surface area contributed by atoms with Crippen molar-refractivity contribution in [1.82, 2.24) is 4.90 Å². The van der Waals surface area contributed by atoms with Crippen molar-refractivity contribution in [3.05, 3.63) is 62.6 Å². The molecule has 0 radical (unpaired) electrons. The molecule has 34 heavy (non-hydrogen) atoms. The number of halogens is 4. The molecule has 0 saturated heterocycles. The summed E-state index contributed by atoms with van der Waals surface area (Å²) in [6.07, 6.45) is 0.256. The van der Waals surface area contributed by atoms with Crippen LogP contribution in [0.15, 0.2) is 34.8 Å². The second-order valence-corrected chi connectivity index (χ2v) is 9.62. The van der Waals surface area contributed by atoms with Gasteiger partial charge < -0.3 is 9.64 Å². The third kappa shape index (κ3) is 6.46. The topological polar surface area (TPSA) is 32.8 Å². The molecule has 3 rings (SSSR count). The molecule has 1 aliphatic carbocycles. The quantitative estimate of drug-likeness (QED) is 0.333. The van der Waals surface area contributed by atoms with Gasteiger partial charge in [0, 0.05) is 29.8 Å². The largest absolute Gasteiger partial charge is 0.453 e. The monoisotopic (exact) mass is 540 g/mol. The van der Waals surface area contributed by atoms with Crippen molar-refractivity contribution in [3.63, 3.8) is 0 Å². The average molecular weight is 541 g/mol. The lowest BCUT2D eigenvalue weighted by atomic mass is 10.0. The molecule has 1 aliphatic rings. The molecule has 0 heterocycles. The lowest BCUT2D eigenvalue weighted by Gasteiger charge is -2.29. The Morgan fingerprint density at radius 2 is 1.76 bits per heavy atom. The van der Waals surface area contributed by atoms with Crippen LogP contribution in [0.25, 0.3) is 0 Å². The van der Waals surface area contributed by atoms with Crippen molar-refractivity contribution in [2.24, 2.45) is 0 Å². The zero-order chi connectivity index (χ0) is 24.9. The number of methoxy groups -OCH3 is 1. The average Bonchev–Trinajstić information content (AvgIpc) is 3.25. The summed E-state index contributed by atoms with van der Waals surface area (Å²) in [5.41, 5.74) is 4.35. The number of fused-ring (bicyclic) bond motifs is 1. The van der Waals surface area contributed by atoms with E-state index in [0.29, 0.717) is 10.0 Å². The minimum Gasteiger partial charge on any atom is -0.453 e. The predicted octanol–water partition coefficient (Wildman–Crippen LogP) is 7.35. The Labute approximate surface area is 208 Å². The van der Waals surface area contributed by atoms with Crippen molar-refractivity contribution >= 4 is 27.7 Å². The lowest BCUT2D eigenvalue weighted by Crippen LogP contribution is -2.32. The van der Waals surface area contributed by atoms with Crippen molar-refractivity contribution in [2.45, 2.75) is 65.2 Å². The summed E-state index contributed by atoms with van der Waals surface area (Å²) < 4.78 is 45.3. The van der Waals surface area contributed by atoms with Crippen molar-refractivity contribution in [2.75, 3.05) is 25.1 Å². The van der Waals surface area contributed by atoms with Crippen LogP contribution in [0, 0.1) is 0 Å². The molecule has 0 unspecified atom stereocenters. The van der Waals surface area contributed by atoms with Gasteiger partial charge in [-0.1, -0.05) is 35.3 Å². The van der Waals surface area contributed by atoms with E-state index in [2.05, 4.69) is 46.8 Å². The number of benzene rings is 2. The van der Waals surface area contributed by atoms with Gasteiger partial charge in [-0.3, -0.25) is 4.90 Å².